The van der Waals surface area contributed by atoms with Crippen LogP contribution in [-0.4, -0.2) is 30.5 Å². The summed E-state index contributed by atoms with van der Waals surface area (Å²) >= 11 is 0. The third-order valence-electron chi connectivity index (χ3n) is 3.96. The molecule has 1 unspecified atom stereocenters. The number of ether oxygens (including phenoxy) is 1. The van der Waals surface area contributed by atoms with Crippen molar-refractivity contribution >= 4 is 29.9 Å². The Labute approximate surface area is 171 Å². The molecule has 4 N–H and O–H groups in total. The van der Waals surface area contributed by atoms with Gasteiger partial charge in [0, 0.05) is 23.8 Å². The van der Waals surface area contributed by atoms with E-state index in [-0.39, 0.29) is 36.6 Å². The second-order valence-corrected chi connectivity index (χ2v) is 7.16. The Morgan fingerprint density at radius 3 is 2.61 bits per heavy atom. The highest BCUT2D eigenvalue weighted by atomic mass is 35.5. The zero-order valence-corrected chi connectivity index (χ0v) is 17.2. The molecule has 0 spiro atoms. The molecule has 0 saturated carbocycles. The van der Waals surface area contributed by atoms with Crippen molar-refractivity contribution in [2.75, 3.05) is 18.5 Å². The molecule has 1 atom stereocenters. The van der Waals surface area contributed by atoms with Gasteiger partial charge in [0.2, 0.25) is 0 Å². The summed E-state index contributed by atoms with van der Waals surface area (Å²) in [6, 6.07) is 10.0. The molecule has 0 aliphatic rings. The predicted molar refractivity (Wildman–Crippen MR) is 111 cm³/mol. The molecule has 0 saturated heterocycles. The van der Waals surface area contributed by atoms with Crippen molar-refractivity contribution in [3.63, 3.8) is 0 Å². The number of anilines is 1. The molecule has 8 heteroatoms. The van der Waals surface area contributed by atoms with E-state index in [9.17, 15) is 9.59 Å². The van der Waals surface area contributed by atoms with Crippen LogP contribution in [0.25, 0.3) is 0 Å². The maximum absolute atomic E-state index is 12.2. The third-order valence-corrected chi connectivity index (χ3v) is 3.96. The Bertz CT molecular complexity index is 765. The van der Waals surface area contributed by atoms with Gasteiger partial charge in [-0.3, -0.25) is 9.59 Å². The van der Waals surface area contributed by atoms with Gasteiger partial charge in [0.25, 0.3) is 11.8 Å². The standard InChI is InChI=1S/C20H27N3O4.ClH/c1-14(2)11-20(3,13-21)23-18(24)12-27-16-7-4-6-15(10-16)22-19(25)17-8-5-9-26-17;/h4-10,14H,11-13,21H2,1-3H3,(H,22,25)(H,23,24);1H. The van der Waals surface area contributed by atoms with Gasteiger partial charge in [-0.15, -0.1) is 12.4 Å². The first-order valence-electron chi connectivity index (χ1n) is 8.90. The number of benzene rings is 1. The van der Waals surface area contributed by atoms with Crippen molar-refractivity contribution in [2.45, 2.75) is 32.7 Å². The van der Waals surface area contributed by atoms with E-state index in [1.165, 1.54) is 6.26 Å². The number of carbonyl (C=O) groups excluding carboxylic acids is 2. The molecular weight excluding hydrogens is 382 g/mol. The molecule has 1 heterocycles. The minimum atomic E-state index is -0.465. The maximum Gasteiger partial charge on any atom is 0.291 e. The number of halogens is 1. The van der Waals surface area contributed by atoms with Crippen LogP contribution in [0.5, 0.6) is 5.75 Å². The highest BCUT2D eigenvalue weighted by Crippen LogP contribution is 2.19. The lowest BCUT2D eigenvalue weighted by atomic mass is 9.91. The molecule has 1 aromatic carbocycles. The van der Waals surface area contributed by atoms with E-state index in [0.29, 0.717) is 23.9 Å². The van der Waals surface area contributed by atoms with Crippen molar-refractivity contribution in [3.8, 4) is 5.75 Å². The number of hydrogen-bond acceptors (Lipinski definition) is 5. The fourth-order valence-corrected chi connectivity index (χ4v) is 2.87. The number of rotatable bonds is 9. The highest BCUT2D eigenvalue weighted by molar-refractivity contribution is 6.02. The molecule has 7 nitrogen and oxygen atoms in total. The predicted octanol–water partition coefficient (Wildman–Crippen LogP) is 3.21. The SMILES string of the molecule is CC(C)CC(C)(CN)NC(=O)COc1cccc(NC(=O)c2ccco2)c1.Cl. The number of nitrogens with one attached hydrogen (secondary N) is 2. The summed E-state index contributed by atoms with van der Waals surface area (Å²) in [5.41, 5.74) is 5.89. The molecule has 1 aromatic heterocycles. The van der Waals surface area contributed by atoms with Crippen molar-refractivity contribution in [2.24, 2.45) is 11.7 Å². The summed E-state index contributed by atoms with van der Waals surface area (Å²) < 4.78 is 10.6. The van der Waals surface area contributed by atoms with Crippen LogP contribution in [-0.2, 0) is 4.79 Å². The minimum Gasteiger partial charge on any atom is -0.484 e. The number of furan rings is 1. The largest absolute Gasteiger partial charge is 0.484 e. The first kappa shape index (κ1) is 23.5. The van der Waals surface area contributed by atoms with Crippen LogP contribution in [0.3, 0.4) is 0 Å². The summed E-state index contributed by atoms with van der Waals surface area (Å²) in [6.07, 6.45) is 2.21. The second-order valence-electron chi connectivity index (χ2n) is 7.16. The van der Waals surface area contributed by atoms with Crippen LogP contribution < -0.4 is 21.1 Å². The lowest BCUT2D eigenvalue weighted by Crippen LogP contribution is -2.53. The van der Waals surface area contributed by atoms with E-state index in [2.05, 4.69) is 24.5 Å². The van der Waals surface area contributed by atoms with E-state index < -0.39 is 5.54 Å². The van der Waals surface area contributed by atoms with Gasteiger partial charge >= 0.3 is 0 Å². The average molecular weight is 410 g/mol. The van der Waals surface area contributed by atoms with Crippen LogP contribution in [0.2, 0.25) is 0 Å². The van der Waals surface area contributed by atoms with Gasteiger partial charge in [-0.2, -0.15) is 0 Å². The summed E-state index contributed by atoms with van der Waals surface area (Å²) in [5, 5.41) is 5.65. The Balaban J connectivity index is 0.00000392. The van der Waals surface area contributed by atoms with Crippen molar-refractivity contribution in [3.05, 3.63) is 48.4 Å². The number of carbonyl (C=O) groups is 2. The maximum atomic E-state index is 12.2. The lowest BCUT2D eigenvalue weighted by molar-refractivity contribution is -0.125. The zero-order valence-electron chi connectivity index (χ0n) is 16.4. The molecule has 2 rings (SSSR count). The molecular formula is C20H28ClN3O4. The minimum absolute atomic E-state index is 0. The van der Waals surface area contributed by atoms with Crippen LogP contribution in [0.1, 0.15) is 37.7 Å². The van der Waals surface area contributed by atoms with E-state index in [4.69, 9.17) is 14.9 Å². The Hall–Kier alpha value is -2.51. The molecule has 0 radical (unpaired) electrons. The monoisotopic (exact) mass is 409 g/mol. The van der Waals surface area contributed by atoms with Crippen molar-refractivity contribution in [1.29, 1.82) is 0 Å². The average Bonchev–Trinajstić information content (AvgIpc) is 3.14. The fraction of sp³-hybridized carbons (Fsp3) is 0.400. The van der Waals surface area contributed by atoms with Crippen molar-refractivity contribution in [1.82, 2.24) is 5.32 Å². The number of hydrogen-bond donors (Lipinski definition) is 3. The van der Waals surface area contributed by atoms with Crippen LogP contribution in [0.4, 0.5) is 5.69 Å². The summed E-state index contributed by atoms with van der Waals surface area (Å²) in [4.78, 5) is 24.2. The highest BCUT2D eigenvalue weighted by Gasteiger charge is 2.25. The Morgan fingerprint density at radius 2 is 2.00 bits per heavy atom. The first-order valence-corrected chi connectivity index (χ1v) is 8.90. The quantitative estimate of drug-likeness (QED) is 0.589. The van der Waals surface area contributed by atoms with Crippen LogP contribution >= 0.6 is 12.4 Å². The van der Waals surface area contributed by atoms with E-state index in [0.717, 1.165) is 6.42 Å². The van der Waals surface area contributed by atoms with E-state index >= 15 is 0 Å². The van der Waals surface area contributed by atoms with E-state index in [1.807, 2.05) is 6.92 Å². The Kier molecular flexibility index (Phi) is 9.02. The molecule has 28 heavy (non-hydrogen) atoms. The second kappa shape index (κ2) is 10.7. The summed E-state index contributed by atoms with van der Waals surface area (Å²) in [7, 11) is 0. The summed E-state index contributed by atoms with van der Waals surface area (Å²) in [6.45, 7) is 6.31. The van der Waals surface area contributed by atoms with Crippen LogP contribution in [0, 0.1) is 5.92 Å². The molecule has 154 valence electrons. The van der Waals surface area contributed by atoms with Gasteiger partial charge in [0.1, 0.15) is 5.75 Å². The van der Waals surface area contributed by atoms with Gasteiger partial charge in [0.05, 0.1) is 6.26 Å². The van der Waals surface area contributed by atoms with Gasteiger partial charge < -0.3 is 25.5 Å². The normalized spacial score (nSPS) is 12.6. The van der Waals surface area contributed by atoms with Gasteiger partial charge in [-0.05, 0) is 43.5 Å². The van der Waals surface area contributed by atoms with Gasteiger partial charge in [-0.25, -0.2) is 0 Å². The molecule has 0 aliphatic carbocycles. The molecule has 2 amide bonds. The summed E-state index contributed by atoms with van der Waals surface area (Å²) in [5.74, 6) is 0.498. The number of amides is 2. The molecule has 0 fully saturated rings. The smallest absolute Gasteiger partial charge is 0.291 e. The Morgan fingerprint density at radius 1 is 1.25 bits per heavy atom. The molecule has 0 aliphatic heterocycles. The van der Waals surface area contributed by atoms with E-state index in [1.54, 1.807) is 36.4 Å². The number of nitrogens with two attached hydrogens (primary N) is 1. The zero-order chi connectivity index (χ0) is 19.9. The first-order chi connectivity index (χ1) is 12.8. The molecule has 2 aromatic rings. The topological polar surface area (TPSA) is 107 Å². The van der Waals surface area contributed by atoms with Gasteiger partial charge in [-0.1, -0.05) is 19.9 Å². The van der Waals surface area contributed by atoms with Gasteiger partial charge in [0.15, 0.2) is 12.4 Å². The van der Waals surface area contributed by atoms with Crippen LogP contribution in [0.15, 0.2) is 47.1 Å². The third kappa shape index (κ3) is 7.25. The van der Waals surface area contributed by atoms with Crippen molar-refractivity contribution < 1.29 is 18.7 Å². The lowest BCUT2D eigenvalue weighted by Gasteiger charge is -2.31. The molecule has 0 bridgehead atoms. The fourth-order valence-electron chi connectivity index (χ4n) is 2.87.